The van der Waals surface area contributed by atoms with Gasteiger partial charge in [-0.2, -0.15) is 12.6 Å². The lowest BCUT2D eigenvalue weighted by molar-refractivity contribution is 0.313. The van der Waals surface area contributed by atoms with Gasteiger partial charge < -0.3 is 4.74 Å². The average molecular weight is 310 g/mol. The molecule has 1 unspecified atom stereocenters. The summed E-state index contributed by atoms with van der Waals surface area (Å²) in [5.74, 6) is 0.645. The molecule has 0 aliphatic carbocycles. The SMILES string of the molecule is CC(S)c1ccc(CCOc2ncnc3ccccc23)cc1. The molecule has 22 heavy (non-hydrogen) atoms. The molecule has 0 aliphatic heterocycles. The molecule has 3 nitrogen and oxygen atoms in total. The van der Waals surface area contributed by atoms with Crippen LogP contribution in [-0.2, 0) is 6.42 Å². The number of hydrogen-bond acceptors (Lipinski definition) is 4. The van der Waals surface area contributed by atoms with Crippen molar-refractivity contribution in [3.63, 3.8) is 0 Å². The fourth-order valence-electron chi connectivity index (χ4n) is 2.32. The second-order valence-corrected chi connectivity index (χ2v) is 5.99. The zero-order valence-corrected chi connectivity index (χ0v) is 13.3. The van der Waals surface area contributed by atoms with Crippen molar-refractivity contribution in [2.45, 2.75) is 18.6 Å². The summed E-state index contributed by atoms with van der Waals surface area (Å²) in [4.78, 5) is 8.47. The van der Waals surface area contributed by atoms with E-state index in [4.69, 9.17) is 4.74 Å². The molecule has 2 aromatic carbocycles. The molecule has 0 N–H and O–H groups in total. The van der Waals surface area contributed by atoms with Crippen molar-refractivity contribution < 1.29 is 4.74 Å². The number of thiol groups is 1. The first-order valence-electron chi connectivity index (χ1n) is 7.33. The summed E-state index contributed by atoms with van der Waals surface area (Å²) >= 11 is 4.44. The number of rotatable bonds is 5. The molecule has 112 valence electrons. The number of ether oxygens (including phenoxy) is 1. The molecule has 3 rings (SSSR count). The monoisotopic (exact) mass is 310 g/mol. The second kappa shape index (κ2) is 6.79. The van der Waals surface area contributed by atoms with Gasteiger partial charge in [-0.05, 0) is 30.2 Å². The van der Waals surface area contributed by atoms with Gasteiger partial charge in [0.2, 0.25) is 5.88 Å². The van der Waals surface area contributed by atoms with Crippen molar-refractivity contribution in [1.82, 2.24) is 9.97 Å². The van der Waals surface area contributed by atoms with Crippen LogP contribution < -0.4 is 4.74 Å². The lowest BCUT2D eigenvalue weighted by atomic mass is 10.1. The molecule has 0 aliphatic rings. The molecule has 0 saturated carbocycles. The Morgan fingerprint density at radius 1 is 1.05 bits per heavy atom. The smallest absolute Gasteiger partial charge is 0.224 e. The van der Waals surface area contributed by atoms with Crippen LogP contribution >= 0.6 is 12.6 Å². The number of nitrogens with zero attached hydrogens (tertiary/aromatic N) is 2. The van der Waals surface area contributed by atoms with E-state index in [0.717, 1.165) is 17.3 Å². The summed E-state index contributed by atoms with van der Waals surface area (Å²) in [5, 5.41) is 1.21. The minimum Gasteiger partial charge on any atom is -0.477 e. The summed E-state index contributed by atoms with van der Waals surface area (Å²) in [7, 11) is 0. The summed E-state index contributed by atoms with van der Waals surface area (Å²) < 4.78 is 5.83. The zero-order valence-electron chi connectivity index (χ0n) is 12.4. The van der Waals surface area contributed by atoms with E-state index >= 15 is 0 Å². The summed E-state index contributed by atoms with van der Waals surface area (Å²) in [6.07, 6.45) is 2.39. The molecule has 0 saturated heterocycles. The first kappa shape index (κ1) is 14.9. The Kier molecular flexibility index (Phi) is 4.59. The van der Waals surface area contributed by atoms with Gasteiger partial charge in [0, 0.05) is 11.7 Å². The Morgan fingerprint density at radius 3 is 2.59 bits per heavy atom. The summed E-state index contributed by atoms with van der Waals surface area (Å²) in [5.41, 5.74) is 3.38. The molecule has 0 radical (unpaired) electrons. The van der Waals surface area contributed by atoms with Crippen molar-refractivity contribution >= 4 is 23.5 Å². The van der Waals surface area contributed by atoms with E-state index in [1.807, 2.05) is 24.3 Å². The Hall–Kier alpha value is -2.07. The van der Waals surface area contributed by atoms with E-state index in [2.05, 4.69) is 53.8 Å². The van der Waals surface area contributed by atoms with Gasteiger partial charge in [-0.25, -0.2) is 9.97 Å². The molecule has 0 spiro atoms. The fourth-order valence-corrected chi connectivity index (χ4v) is 2.50. The Morgan fingerprint density at radius 2 is 1.82 bits per heavy atom. The number of hydrogen-bond donors (Lipinski definition) is 1. The molecule has 0 fully saturated rings. The maximum absolute atomic E-state index is 5.83. The van der Waals surface area contributed by atoms with Gasteiger partial charge in [-0.15, -0.1) is 0 Å². The highest BCUT2D eigenvalue weighted by Crippen LogP contribution is 2.21. The summed E-state index contributed by atoms with van der Waals surface area (Å²) in [6.45, 7) is 2.66. The maximum Gasteiger partial charge on any atom is 0.224 e. The molecule has 3 aromatic rings. The molecule has 1 aromatic heterocycles. The highest BCUT2D eigenvalue weighted by Gasteiger charge is 2.04. The molecule has 0 amide bonds. The van der Waals surface area contributed by atoms with E-state index in [1.165, 1.54) is 11.1 Å². The van der Waals surface area contributed by atoms with E-state index < -0.39 is 0 Å². The molecule has 4 heteroatoms. The zero-order chi connectivity index (χ0) is 15.4. The molecule has 1 atom stereocenters. The van der Waals surface area contributed by atoms with Crippen LogP contribution in [0.4, 0.5) is 0 Å². The summed E-state index contributed by atoms with van der Waals surface area (Å²) in [6, 6.07) is 16.4. The number of aromatic nitrogens is 2. The van der Waals surface area contributed by atoms with E-state index in [9.17, 15) is 0 Å². The maximum atomic E-state index is 5.83. The van der Waals surface area contributed by atoms with Crippen molar-refractivity contribution in [3.05, 3.63) is 66.0 Å². The highest BCUT2D eigenvalue weighted by molar-refractivity contribution is 7.80. The Bertz CT molecular complexity index is 751. The van der Waals surface area contributed by atoms with Crippen molar-refractivity contribution in [2.75, 3.05) is 6.61 Å². The first-order valence-corrected chi connectivity index (χ1v) is 7.85. The lowest BCUT2D eigenvalue weighted by Crippen LogP contribution is -2.03. The third-order valence-electron chi connectivity index (χ3n) is 3.60. The molecule has 1 heterocycles. The van der Waals surface area contributed by atoms with Crippen LogP contribution in [0.25, 0.3) is 10.9 Å². The quantitative estimate of drug-likeness (QED) is 0.716. The predicted octanol–water partition coefficient (Wildman–Crippen LogP) is 4.24. The lowest BCUT2D eigenvalue weighted by Gasteiger charge is -2.09. The van der Waals surface area contributed by atoms with Crippen LogP contribution in [0.3, 0.4) is 0 Å². The van der Waals surface area contributed by atoms with E-state index in [-0.39, 0.29) is 5.25 Å². The molecule has 0 bridgehead atoms. The van der Waals surface area contributed by atoms with Gasteiger partial charge in [0.1, 0.15) is 6.33 Å². The van der Waals surface area contributed by atoms with E-state index in [0.29, 0.717) is 12.5 Å². The van der Waals surface area contributed by atoms with Crippen LogP contribution in [-0.4, -0.2) is 16.6 Å². The normalized spacial score (nSPS) is 12.3. The van der Waals surface area contributed by atoms with Crippen LogP contribution in [0.15, 0.2) is 54.9 Å². The minimum absolute atomic E-state index is 0.262. The van der Waals surface area contributed by atoms with Gasteiger partial charge in [0.05, 0.1) is 17.5 Å². The van der Waals surface area contributed by atoms with Crippen LogP contribution in [0.1, 0.15) is 23.3 Å². The number of fused-ring (bicyclic) bond motifs is 1. The van der Waals surface area contributed by atoms with Gasteiger partial charge in [-0.1, -0.05) is 36.4 Å². The van der Waals surface area contributed by atoms with Crippen molar-refractivity contribution in [1.29, 1.82) is 0 Å². The highest BCUT2D eigenvalue weighted by atomic mass is 32.1. The van der Waals surface area contributed by atoms with Crippen LogP contribution in [0.5, 0.6) is 5.88 Å². The third-order valence-corrected chi connectivity index (χ3v) is 3.90. The second-order valence-electron chi connectivity index (χ2n) is 5.21. The van der Waals surface area contributed by atoms with Gasteiger partial charge in [0.25, 0.3) is 0 Å². The van der Waals surface area contributed by atoms with E-state index in [1.54, 1.807) is 6.33 Å². The van der Waals surface area contributed by atoms with Gasteiger partial charge in [0.15, 0.2) is 0 Å². The molecular formula is C18H18N2OS. The van der Waals surface area contributed by atoms with Crippen molar-refractivity contribution in [2.24, 2.45) is 0 Å². The Balaban J connectivity index is 1.65. The standard InChI is InChI=1S/C18H18N2OS/c1-13(22)15-8-6-14(7-9-15)10-11-21-18-16-4-2-3-5-17(16)19-12-20-18/h2-9,12-13,22H,10-11H2,1H3. The number of benzene rings is 2. The van der Waals surface area contributed by atoms with Crippen LogP contribution in [0, 0.1) is 0 Å². The first-order chi connectivity index (χ1) is 10.7. The van der Waals surface area contributed by atoms with Crippen LogP contribution in [0.2, 0.25) is 0 Å². The topological polar surface area (TPSA) is 35.0 Å². The Labute approximate surface area is 135 Å². The molecular weight excluding hydrogens is 292 g/mol. The largest absolute Gasteiger partial charge is 0.477 e. The number of para-hydroxylation sites is 1. The van der Waals surface area contributed by atoms with Gasteiger partial charge in [-0.3, -0.25) is 0 Å². The van der Waals surface area contributed by atoms with Gasteiger partial charge >= 0.3 is 0 Å². The average Bonchev–Trinajstić information content (AvgIpc) is 2.55. The third kappa shape index (κ3) is 3.39. The predicted molar refractivity (Wildman–Crippen MR) is 92.6 cm³/mol. The van der Waals surface area contributed by atoms with Crippen molar-refractivity contribution in [3.8, 4) is 5.88 Å². The minimum atomic E-state index is 0.262. The fraction of sp³-hybridized carbons (Fsp3) is 0.222.